The highest BCUT2D eigenvalue weighted by Gasteiger charge is 2.16. The third kappa shape index (κ3) is 6.58. The zero-order valence-corrected chi connectivity index (χ0v) is 14.8. The number of anilines is 1. The summed E-state index contributed by atoms with van der Waals surface area (Å²) >= 11 is 0. The van der Waals surface area contributed by atoms with Crippen molar-refractivity contribution in [3.63, 3.8) is 0 Å². The number of amides is 1. The van der Waals surface area contributed by atoms with E-state index in [1.807, 2.05) is 50.6 Å². The lowest BCUT2D eigenvalue weighted by molar-refractivity contribution is -0.117. The molecule has 0 fully saturated rings. The fraction of sp³-hybridized carbons (Fsp3) is 0.333. The molecule has 2 aromatic rings. The van der Waals surface area contributed by atoms with E-state index in [1.54, 1.807) is 10.7 Å². The number of halogens is 2. The van der Waals surface area contributed by atoms with Crippen LogP contribution in [0.15, 0.2) is 42.6 Å². The molecule has 1 aromatic heterocycles. The Morgan fingerprint density at radius 2 is 1.91 bits per heavy atom. The first-order valence-corrected chi connectivity index (χ1v) is 6.86. The van der Waals surface area contributed by atoms with E-state index in [4.69, 9.17) is 5.73 Å². The van der Waals surface area contributed by atoms with Crippen molar-refractivity contribution >= 4 is 36.5 Å². The van der Waals surface area contributed by atoms with Crippen LogP contribution in [0.4, 0.5) is 5.82 Å². The average Bonchev–Trinajstić information content (AvgIpc) is 2.92. The van der Waals surface area contributed by atoms with Crippen molar-refractivity contribution in [1.29, 1.82) is 0 Å². The highest BCUT2D eigenvalue weighted by molar-refractivity contribution is 5.94. The number of likely N-dealkylation sites (N-methyl/N-ethyl adjacent to an activating group) is 1. The Hall–Kier alpha value is -1.60. The van der Waals surface area contributed by atoms with Gasteiger partial charge in [-0.3, -0.25) is 9.48 Å². The zero-order valence-electron chi connectivity index (χ0n) is 13.2. The molecular weight excluding hydrogens is 337 g/mol. The summed E-state index contributed by atoms with van der Waals surface area (Å²) in [5.41, 5.74) is 6.72. The van der Waals surface area contributed by atoms with Crippen molar-refractivity contribution in [1.82, 2.24) is 14.7 Å². The zero-order chi connectivity index (χ0) is 15.2. The van der Waals surface area contributed by atoms with Crippen LogP contribution in [0.2, 0.25) is 0 Å². The monoisotopic (exact) mass is 359 g/mol. The second-order valence-corrected chi connectivity index (χ2v) is 5.14. The lowest BCUT2D eigenvalue weighted by atomic mass is 10.1. The maximum Gasteiger partial charge on any atom is 0.247 e. The lowest BCUT2D eigenvalue weighted by Crippen LogP contribution is -2.28. The van der Waals surface area contributed by atoms with Gasteiger partial charge in [0.25, 0.3) is 0 Å². The van der Waals surface area contributed by atoms with E-state index < -0.39 is 6.04 Å². The van der Waals surface area contributed by atoms with E-state index in [0.29, 0.717) is 5.82 Å². The van der Waals surface area contributed by atoms with Crippen molar-refractivity contribution in [2.24, 2.45) is 5.73 Å². The maximum absolute atomic E-state index is 12.1. The van der Waals surface area contributed by atoms with Crippen LogP contribution < -0.4 is 11.1 Å². The number of hydrogen-bond acceptors (Lipinski definition) is 4. The Kier molecular flexibility index (Phi) is 9.52. The predicted molar refractivity (Wildman–Crippen MR) is 97.3 cm³/mol. The molecule has 0 spiro atoms. The maximum atomic E-state index is 12.1. The van der Waals surface area contributed by atoms with Gasteiger partial charge in [0.1, 0.15) is 6.04 Å². The number of hydrogen-bond donors (Lipinski definition) is 2. The molecule has 2 rings (SSSR count). The first-order chi connectivity index (χ1) is 10.1. The van der Waals surface area contributed by atoms with Crippen molar-refractivity contribution < 1.29 is 4.79 Å². The number of nitrogens with one attached hydrogen (secondary N) is 1. The number of carbonyl (C=O) groups excluding carboxylic acids is 1. The summed E-state index contributed by atoms with van der Waals surface area (Å²) in [6, 6.07) is 10.3. The first-order valence-electron chi connectivity index (χ1n) is 6.86. The van der Waals surface area contributed by atoms with Crippen LogP contribution in [0.5, 0.6) is 0 Å². The summed E-state index contributed by atoms with van der Waals surface area (Å²) in [5.74, 6) is 0.254. The highest BCUT2D eigenvalue weighted by Crippen LogP contribution is 2.12. The molecule has 1 atom stereocenters. The summed E-state index contributed by atoms with van der Waals surface area (Å²) in [4.78, 5) is 14.2. The van der Waals surface area contributed by atoms with Crippen molar-refractivity contribution in [3.05, 3.63) is 48.2 Å². The van der Waals surface area contributed by atoms with Gasteiger partial charge in [0, 0.05) is 18.8 Å². The van der Waals surface area contributed by atoms with Crippen LogP contribution in [0.1, 0.15) is 11.6 Å². The van der Waals surface area contributed by atoms with Gasteiger partial charge in [-0.05, 0) is 19.7 Å². The molecule has 0 radical (unpaired) electrons. The predicted octanol–water partition coefficient (Wildman–Crippen LogP) is 1.93. The van der Waals surface area contributed by atoms with Crippen LogP contribution in [0.25, 0.3) is 0 Å². The van der Waals surface area contributed by atoms with E-state index in [9.17, 15) is 4.79 Å². The molecule has 0 bridgehead atoms. The number of rotatable bonds is 6. The molecule has 1 unspecified atom stereocenters. The molecule has 128 valence electrons. The van der Waals surface area contributed by atoms with E-state index in [0.717, 1.165) is 18.7 Å². The fourth-order valence-corrected chi connectivity index (χ4v) is 1.87. The molecule has 6 nitrogen and oxygen atoms in total. The van der Waals surface area contributed by atoms with Gasteiger partial charge < -0.3 is 16.0 Å². The molecule has 0 aliphatic heterocycles. The number of nitrogens with two attached hydrogens (primary N) is 1. The van der Waals surface area contributed by atoms with E-state index in [2.05, 4.69) is 15.3 Å². The minimum absolute atomic E-state index is 0. The largest absolute Gasteiger partial charge is 0.316 e. The molecule has 23 heavy (non-hydrogen) atoms. The quantitative estimate of drug-likeness (QED) is 0.825. The van der Waals surface area contributed by atoms with Gasteiger partial charge in [0.15, 0.2) is 5.82 Å². The second kappa shape index (κ2) is 10.2. The van der Waals surface area contributed by atoms with Gasteiger partial charge in [-0.25, -0.2) is 0 Å². The van der Waals surface area contributed by atoms with Gasteiger partial charge in [-0.2, -0.15) is 5.10 Å². The molecule has 1 heterocycles. The summed E-state index contributed by atoms with van der Waals surface area (Å²) in [6.07, 6.45) is 1.84. The van der Waals surface area contributed by atoms with E-state index in [1.165, 1.54) is 0 Å². The van der Waals surface area contributed by atoms with Gasteiger partial charge in [0.05, 0.1) is 6.54 Å². The second-order valence-electron chi connectivity index (χ2n) is 5.14. The number of carbonyl (C=O) groups is 1. The van der Waals surface area contributed by atoms with Crippen LogP contribution in [0, 0.1) is 0 Å². The SMILES string of the molecule is CN(C)CCn1ccc(NC(=O)C(N)c2ccccc2)n1.Cl.Cl. The number of nitrogens with zero attached hydrogens (tertiary/aromatic N) is 3. The number of benzene rings is 1. The minimum Gasteiger partial charge on any atom is -0.316 e. The smallest absolute Gasteiger partial charge is 0.247 e. The first kappa shape index (κ1) is 21.4. The summed E-state index contributed by atoms with van der Waals surface area (Å²) in [5, 5.41) is 7.04. The third-order valence-corrected chi connectivity index (χ3v) is 3.11. The molecule has 1 aromatic carbocycles. The molecule has 0 aliphatic carbocycles. The van der Waals surface area contributed by atoms with E-state index >= 15 is 0 Å². The molecule has 8 heteroatoms. The van der Waals surface area contributed by atoms with Crippen molar-refractivity contribution in [2.75, 3.05) is 26.0 Å². The average molecular weight is 360 g/mol. The topological polar surface area (TPSA) is 76.2 Å². The Balaban J connectivity index is 0.00000242. The normalized spacial score (nSPS) is 11.3. The third-order valence-electron chi connectivity index (χ3n) is 3.11. The molecule has 0 saturated heterocycles. The van der Waals surface area contributed by atoms with Gasteiger partial charge in [0.2, 0.25) is 5.91 Å². The van der Waals surface area contributed by atoms with Crippen LogP contribution in [-0.2, 0) is 11.3 Å². The Labute approximate surface area is 148 Å². The molecule has 0 aliphatic rings. The van der Waals surface area contributed by atoms with Gasteiger partial charge in [-0.15, -0.1) is 24.8 Å². The minimum atomic E-state index is -0.696. The molecule has 3 N–H and O–H groups in total. The fourth-order valence-electron chi connectivity index (χ4n) is 1.87. The molecular formula is C15H23Cl2N5O. The molecule has 0 saturated carbocycles. The molecule has 1 amide bonds. The standard InChI is InChI=1S/C15H21N5O.2ClH/c1-19(2)10-11-20-9-8-13(18-20)17-15(21)14(16)12-6-4-3-5-7-12;;/h3-9,14H,10-11,16H2,1-2H3,(H,17,18,21);2*1H. The Morgan fingerprint density at radius 3 is 2.52 bits per heavy atom. The van der Waals surface area contributed by atoms with Crippen LogP contribution in [-0.4, -0.2) is 41.2 Å². The van der Waals surface area contributed by atoms with Crippen LogP contribution in [0.3, 0.4) is 0 Å². The van der Waals surface area contributed by atoms with Crippen LogP contribution >= 0.6 is 24.8 Å². The van der Waals surface area contributed by atoms with E-state index in [-0.39, 0.29) is 30.7 Å². The highest BCUT2D eigenvalue weighted by atomic mass is 35.5. The summed E-state index contributed by atoms with van der Waals surface area (Å²) in [6.45, 7) is 1.66. The summed E-state index contributed by atoms with van der Waals surface area (Å²) < 4.78 is 1.80. The Bertz CT molecular complexity index is 589. The van der Waals surface area contributed by atoms with Gasteiger partial charge in [-0.1, -0.05) is 30.3 Å². The van der Waals surface area contributed by atoms with Crippen molar-refractivity contribution in [2.45, 2.75) is 12.6 Å². The Morgan fingerprint density at radius 1 is 1.26 bits per heavy atom. The number of aromatic nitrogens is 2. The van der Waals surface area contributed by atoms with Crippen molar-refractivity contribution in [3.8, 4) is 0 Å². The summed E-state index contributed by atoms with van der Waals surface area (Å²) in [7, 11) is 4.01. The van der Waals surface area contributed by atoms with Gasteiger partial charge >= 0.3 is 0 Å². The lowest BCUT2D eigenvalue weighted by Gasteiger charge is -2.11.